The third-order valence-electron chi connectivity index (χ3n) is 3.90. The van der Waals surface area contributed by atoms with E-state index in [2.05, 4.69) is 15.6 Å². The lowest BCUT2D eigenvalue weighted by molar-refractivity contribution is -0.136. The molecule has 3 rings (SSSR count). The van der Waals surface area contributed by atoms with Crippen molar-refractivity contribution in [2.45, 2.75) is 12.5 Å². The van der Waals surface area contributed by atoms with E-state index in [1.54, 1.807) is 23.2 Å². The predicted octanol–water partition coefficient (Wildman–Crippen LogP) is 1.69. The van der Waals surface area contributed by atoms with E-state index < -0.39 is 23.4 Å². The Balaban J connectivity index is 1.55. The molecule has 1 atom stereocenters. The molecule has 0 unspecified atom stereocenters. The minimum atomic E-state index is -0.792. The summed E-state index contributed by atoms with van der Waals surface area (Å²) in [5, 5.41) is 5.07. The van der Waals surface area contributed by atoms with Gasteiger partial charge in [-0.25, -0.2) is 8.78 Å². The van der Waals surface area contributed by atoms with Crippen LogP contribution < -0.4 is 15.5 Å². The first-order chi connectivity index (χ1) is 12.0. The molecule has 0 aliphatic carbocycles. The lowest BCUT2D eigenvalue weighted by atomic mass is 10.2. The number of rotatable bonds is 3. The standard InChI is InChI=1S/C17H16F2N4O2/c18-11-3-4-15(14(19)8-11)23-7-5-13(10-23)22-17(25)16(24)21-12-2-1-6-20-9-12/h1-4,6,8-9,13H,5,7,10H2,(H,21,24)(H,22,25)/t13-/m0/s1. The Morgan fingerprint density at radius 2 is 2.04 bits per heavy atom. The molecule has 1 aliphatic rings. The number of pyridine rings is 1. The number of nitrogens with one attached hydrogen (secondary N) is 2. The number of amides is 2. The molecule has 25 heavy (non-hydrogen) atoms. The Bertz CT molecular complexity index is 785. The van der Waals surface area contributed by atoms with Crippen molar-refractivity contribution in [2.24, 2.45) is 0 Å². The summed E-state index contributed by atoms with van der Waals surface area (Å²) in [6.07, 6.45) is 3.54. The van der Waals surface area contributed by atoms with Crippen molar-refractivity contribution in [1.82, 2.24) is 10.3 Å². The van der Waals surface area contributed by atoms with Crippen molar-refractivity contribution in [3.05, 3.63) is 54.4 Å². The highest BCUT2D eigenvalue weighted by Gasteiger charge is 2.27. The van der Waals surface area contributed by atoms with Gasteiger partial charge >= 0.3 is 11.8 Å². The molecular weight excluding hydrogens is 330 g/mol. The molecule has 2 aromatic rings. The van der Waals surface area contributed by atoms with Crippen LogP contribution in [0, 0.1) is 11.6 Å². The highest BCUT2D eigenvalue weighted by atomic mass is 19.1. The van der Waals surface area contributed by atoms with Crippen molar-refractivity contribution < 1.29 is 18.4 Å². The first-order valence-corrected chi connectivity index (χ1v) is 7.75. The maximum absolute atomic E-state index is 13.8. The van der Waals surface area contributed by atoms with Gasteiger partial charge < -0.3 is 15.5 Å². The van der Waals surface area contributed by atoms with Crippen LogP contribution >= 0.6 is 0 Å². The van der Waals surface area contributed by atoms with Gasteiger partial charge in [-0.1, -0.05) is 0 Å². The van der Waals surface area contributed by atoms with Crippen LogP contribution in [-0.2, 0) is 9.59 Å². The maximum Gasteiger partial charge on any atom is 0.313 e. The van der Waals surface area contributed by atoms with Crippen molar-refractivity contribution in [3.63, 3.8) is 0 Å². The van der Waals surface area contributed by atoms with Crippen LogP contribution in [0.25, 0.3) is 0 Å². The fourth-order valence-electron chi connectivity index (χ4n) is 2.71. The zero-order valence-electron chi connectivity index (χ0n) is 13.2. The number of anilines is 2. The van der Waals surface area contributed by atoms with Gasteiger partial charge in [0.2, 0.25) is 0 Å². The third kappa shape index (κ3) is 4.09. The van der Waals surface area contributed by atoms with E-state index in [1.807, 2.05) is 0 Å². The molecule has 1 aliphatic heterocycles. The third-order valence-corrected chi connectivity index (χ3v) is 3.90. The normalized spacial score (nSPS) is 16.6. The molecule has 1 aromatic carbocycles. The maximum atomic E-state index is 13.8. The quantitative estimate of drug-likeness (QED) is 0.830. The molecule has 1 aromatic heterocycles. The summed E-state index contributed by atoms with van der Waals surface area (Å²) < 4.78 is 26.8. The van der Waals surface area contributed by atoms with Crippen LogP contribution in [0.5, 0.6) is 0 Å². The van der Waals surface area contributed by atoms with Crippen molar-refractivity contribution in [2.75, 3.05) is 23.3 Å². The molecule has 0 bridgehead atoms. The zero-order valence-corrected chi connectivity index (χ0v) is 13.2. The van der Waals surface area contributed by atoms with E-state index in [0.717, 1.165) is 6.07 Å². The van der Waals surface area contributed by atoms with Gasteiger partial charge in [0.15, 0.2) is 0 Å². The molecule has 1 fully saturated rings. The largest absolute Gasteiger partial charge is 0.367 e. The highest BCUT2D eigenvalue weighted by Crippen LogP contribution is 2.24. The smallest absolute Gasteiger partial charge is 0.313 e. The van der Waals surface area contributed by atoms with E-state index in [0.29, 0.717) is 25.2 Å². The van der Waals surface area contributed by atoms with Crippen molar-refractivity contribution >= 4 is 23.2 Å². The average Bonchev–Trinajstić information content (AvgIpc) is 3.04. The molecule has 2 amide bonds. The molecule has 0 radical (unpaired) electrons. The van der Waals surface area contributed by atoms with Crippen LogP contribution in [0.1, 0.15) is 6.42 Å². The molecule has 2 heterocycles. The number of halogens is 2. The molecular formula is C17H16F2N4O2. The first-order valence-electron chi connectivity index (χ1n) is 7.75. The summed E-state index contributed by atoms with van der Waals surface area (Å²) in [6, 6.07) is 6.33. The second-order valence-electron chi connectivity index (χ2n) is 5.70. The Morgan fingerprint density at radius 3 is 2.76 bits per heavy atom. The lowest BCUT2D eigenvalue weighted by Gasteiger charge is -2.19. The molecule has 8 heteroatoms. The van der Waals surface area contributed by atoms with Crippen molar-refractivity contribution in [1.29, 1.82) is 0 Å². The fraction of sp³-hybridized carbons (Fsp3) is 0.235. The summed E-state index contributed by atoms with van der Waals surface area (Å²) in [5.74, 6) is -2.85. The second-order valence-corrected chi connectivity index (χ2v) is 5.70. The molecule has 1 saturated heterocycles. The van der Waals surface area contributed by atoms with E-state index in [1.165, 1.54) is 18.3 Å². The van der Waals surface area contributed by atoms with Crippen LogP contribution in [0.3, 0.4) is 0 Å². The van der Waals surface area contributed by atoms with Gasteiger partial charge in [-0.15, -0.1) is 0 Å². The van der Waals surface area contributed by atoms with Crippen LogP contribution in [0.2, 0.25) is 0 Å². The van der Waals surface area contributed by atoms with Gasteiger partial charge in [0.05, 0.1) is 17.6 Å². The SMILES string of the molecule is O=C(Nc1cccnc1)C(=O)N[C@H]1CCN(c2ccc(F)cc2F)C1. The number of carbonyl (C=O) groups excluding carboxylic acids is 2. The Morgan fingerprint density at radius 1 is 1.20 bits per heavy atom. The summed E-state index contributed by atoms with van der Waals surface area (Å²) in [6.45, 7) is 0.839. The second kappa shape index (κ2) is 7.25. The minimum Gasteiger partial charge on any atom is -0.367 e. The monoisotopic (exact) mass is 346 g/mol. The van der Waals surface area contributed by atoms with Gasteiger partial charge in [0, 0.05) is 31.4 Å². The van der Waals surface area contributed by atoms with Crippen LogP contribution in [-0.4, -0.2) is 35.9 Å². The van der Waals surface area contributed by atoms with Crippen LogP contribution in [0.15, 0.2) is 42.7 Å². The number of nitrogens with zero attached hydrogens (tertiary/aromatic N) is 2. The lowest BCUT2D eigenvalue weighted by Crippen LogP contribution is -2.43. The zero-order chi connectivity index (χ0) is 17.8. The number of hydrogen-bond donors (Lipinski definition) is 2. The van der Waals surface area contributed by atoms with Crippen molar-refractivity contribution in [3.8, 4) is 0 Å². The van der Waals surface area contributed by atoms with Gasteiger partial charge in [-0.2, -0.15) is 0 Å². The predicted molar refractivity (Wildman–Crippen MR) is 88.0 cm³/mol. The number of carbonyl (C=O) groups is 2. The molecule has 6 nitrogen and oxygen atoms in total. The summed E-state index contributed by atoms with van der Waals surface area (Å²) >= 11 is 0. The fourth-order valence-corrected chi connectivity index (χ4v) is 2.71. The topological polar surface area (TPSA) is 74.3 Å². The number of aromatic nitrogens is 1. The van der Waals surface area contributed by atoms with Gasteiger partial charge in [-0.3, -0.25) is 14.6 Å². The van der Waals surface area contributed by atoms with E-state index >= 15 is 0 Å². The van der Waals surface area contributed by atoms with E-state index in [-0.39, 0.29) is 11.7 Å². The first kappa shape index (κ1) is 16.8. The Hall–Kier alpha value is -3.03. The van der Waals surface area contributed by atoms with E-state index in [4.69, 9.17) is 0 Å². The summed E-state index contributed by atoms with van der Waals surface area (Å²) in [7, 11) is 0. The Labute approximate surface area is 142 Å². The van der Waals surface area contributed by atoms with E-state index in [9.17, 15) is 18.4 Å². The molecule has 130 valence electrons. The van der Waals surface area contributed by atoms with Gasteiger partial charge in [-0.05, 0) is 30.7 Å². The number of benzene rings is 1. The average molecular weight is 346 g/mol. The molecule has 2 N–H and O–H groups in total. The number of hydrogen-bond acceptors (Lipinski definition) is 4. The van der Waals surface area contributed by atoms with Gasteiger partial charge in [0.1, 0.15) is 11.6 Å². The summed E-state index contributed by atoms with van der Waals surface area (Å²) in [5.41, 5.74) is 0.696. The Kier molecular flexibility index (Phi) is 4.87. The molecule has 0 saturated carbocycles. The van der Waals surface area contributed by atoms with Gasteiger partial charge in [0.25, 0.3) is 0 Å². The van der Waals surface area contributed by atoms with Crippen LogP contribution in [0.4, 0.5) is 20.2 Å². The highest BCUT2D eigenvalue weighted by molar-refractivity contribution is 6.39. The minimum absolute atomic E-state index is 0.276. The summed E-state index contributed by atoms with van der Waals surface area (Å²) in [4.78, 5) is 29.4. The molecule has 0 spiro atoms.